The monoisotopic (exact) mass is 274 g/mol. The maximum Gasteiger partial charge on any atom is 0.238 e. The summed E-state index contributed by atoms with van der Waals surface area (Å²) in [6, 6.07) is 5.29. The zero-order valence-corrected chi connectivity index (χ0v) is 11.6. The number of carbonyl (C=O) groups excluding carboxylic acids is 1. The lowest BCUT2D eigenvalue weighted by atomic mass is 10.2. The summed E-state index contributed by atoms with van der Waals surface area (Å²) in [4.78, 5) is 11.4. The standard InChI is InChI=1S/C12H18N2O3.ClH/c1-4-17-10-6-5-9(7-11(10)16-3)14-12(15)8-13-2;/h5-7,13H,4,8H2,1-3H3,(H,14,15);1H. The van der Waals surface area contributed by atoms with Crippen molar-refractivity contribution in [1.82, 2.24) is 5.32 Å². The van der Waals surface area contributed by atoms with Gasteiger partial charge in [-0.2, -0.15) is 0 Å². The van der Waals surface area contributed by atoms with Crippen LogP contribution in [0.2, 0.25) is 0 Å². The van der Waals surface area contributed by atoms with Crippen molar-refractivity contribution in [3.63, 3.8) is 0 Å². The number of methoxy groups -OCH3 is 1. The lowest BCUT2D eigenvalue weighted by Crippen LogP contribution is -2.25. The molecule has 6 heteroatoms. The average Bonchev–Trinajstić information content (AvgIpc) is 2.31. The van der Waals surface area contributed by atoms with Crippen LogP contribution in [-0.4, -0.2) is 33.2 Å². The van der Waals surface area contributed by atoms with Crippen molar-refractivity contribution in [2.75, 3.05) is 32.6 Å². The van der Waals surface area contributed by atoms with Crippen LogP contribution in [0.4, 0.5) is 5.69 Å². The Morgan fingerprint density at radius 2 is 2.06 bits per heavy atom. The van der Waals surface area contributed by atoms with Gasteiger partial charge in [-0.3, -0.25) is 4.79 Å². The summed E-state index contributed by atoms with van der Waals surface area (Å²) in [5.41, 5.74) is 0.686. The highest BCUT2D eigenvalue weighted by Crippen LogP contribution is 2.30. The van der Waals surface area contributed by atoms with Crippen LogP contribution in [0, 0.1) is 0 Å². The summed E-state index contributed by atoms with van der Waals surface area (Å²) >= 11 is 0. The van der Waals surface area contributed by atoms with Gasteiger partial charge in [-0.1, -0.05) is 0 Å². The molecule has 0 radical (unpaired) electrons. The molecular formula is C12H19ClN2O3. The number of hydrogen-bond acceptors (Lipinski definition) is 4. The van der Waals surface area contributed by atoms with Crippen molar-refractivity contribution in [2.24, 2.45) is 0 Å². The van der Waals surface area contributed by atoms with Gasteiger partial charge in [-0.25, -0.2) is 0 Å². The number of likely N-dealkylation sites (N-methyl/N-ethyl adjacent to an activating group) is 1. The van der Waals surface area contributed by atoms with Crippen LogP contribution >= 0.6 is 12.4 Å². The van der Waals surface area contributed by atoms with E-state index in [9.17, 15) is 4.79 Å². The van der Waals surface area contributed by atoms with Crippen LogP contribution in [-0.2, 0) is 4.79 Å². The Bertz CT molecular complexity index is 386. The van der Waals surface area contributed by atoms with Gasteiger partial charge in [0.15, 0.2) is 11.5 Å². The van der Waals surface area contributed by atoms with Crippen molar-refractivity contribution in [2.45, 2.75) is 6.92 Å². The fourth-order valence-corrected chi connectivity index (χ4v) is 1.39. The van der Waals surface area contributed by atoms with E-state index in [4.69, 9.17) is 9.47 Å². The van der Waals surface area contributed by atoms with Gasteiger partial charge in [0.25, 0.3) is 0 Å². The molecule has 0 fully saturated rings. The van der Waals surface area contributed by atoms with Crippen LogP contribution in [0.25, 0.3) is 0 Å². The second-order valence-corrected chi connectivity index (χ2v) is 3.38. The van der Waals surface area contributed by atoms with Gasteiger partial charge in [-0.05, 0) is 26.1 Å². The molecule has 0 aromatic heterocycles. The van der Waals surface area contributed by atoms with Gasteiger partial charge in [0.05, 0.1) is 20.3 Å². The fraction of sp³-hybridized carbons (Fsp3) is 0.417. The maximum absolute atomic E-state index is 11.4. The summed E-state index contributed by atoms with van der Waals surface area (Å²) in [6.45, 7) is 2.75. The average molecular weight is 275 g/mol. The number of halogens is 1. The molecule has 0 spiro atoms. The molecule has 0 saturated carbocycles. The second-order valence-electron chi connectivity index (χ2n) is 3.38. The second kappa shape index (κ2) is 8.60. The minimum Gasteiger partial charge on any atom is -0.493 e. The van der Waals surface area contributed by atoms with Crippen LogP contribution in [0.1, 0.15) is 6.92 Å². The van der Waals surface area contributed by atoms with Crippen molar-refractivity contribution in [3.05, 3.63) is 18.2 Å². The van der Waals surface area contributed by atoms with Crippen molar-refractivity contribution in [3.8, 4) is 11.5 Å². The van der Waals surface area contributed by atoms with Crippen LogP contribution < -0.4 is 20.1 Å². The minimum absolute atomic E-state index is 0. The Labute approximate surface area is 113 Å². The Morgan fingerprint density at radius 1 is 1.33 bits per heavy atom. The number of hydrogen-bond donors (Lipinski definition) is 2. The molecule has 1 aromatic carbocycles. The van der Waals surface area contributed by atoms with E-state index in [0.717, 1.165) is 0 Å². The van der Waals surface area contributed by atoms with Crippen molar-refractivity contribution >= 4 is 24.0 Å². The first-order valence-corrected chi connectivity index (χ1v) is 5.46. The van der Waals surface area contributed by atoms with Gasteiger partial charge in [0.2, 0.25) is 5.91 Å². The van der Waals surface area contributed by atoms with E-state index in [0.29, 0.717) is 23.8 Å². The van der Waals surface area contributed by atoms with E-state index in [1.807, 2.05) is 6.92 Å². The first-order valence-electron chi connectivity index (χ1n) is 5.46. The van der Waals surface area contributed by atoms with Gasteiger partial charge in [0.1, 0.15) is 0 Å². The fourth-order valence-electron chi connectivity index (χ4n) is 1.39. The number of ether oxygens (including phenoxy) is 2. The van der Waals surface area contributed by atoms with E-state index >= 15 is 0 Å². The predicted molar refractivity (Wildman–Crippen MR) is 74.0 cm³/mol. The first-order chi connectivity index (χ1) is 8.21. The highest BCUT2D eigenvalue weighted by molar-refractivity contribution is 5.92. The van der Waals surface area contributed by atoms with Gasteiger partial charge in [0, 0.05) is 11.8 Å². The normalized spacial score (nSPS) is 9.28. The smallest absolute Gasteiger partial charge is 0.238 e. The van der Waals surface area contributed by atoms with E-state index in [-0.39, 0.29) is 24.9 Å². The summed E-state index contributed by atoms with van der Waals surface area (Å²) in [5, 5.41) is 5.53. The molecular weight excluding hydrogens is 256 g/mol. The third-order valence-corrected chi connectivity index (χ3v) is 2.08. The molecule has 0 heterocycles. The molecule has 2 N–H and O–H groups in total. The molecule has 0 aliphatic heterocycles. The quantitative estimate of drug-likeness (QED) is 0.829. The number of rotatable bonds is 6. The number of carbonyl (C=O) groups is 1. The van der Waals surface area contributed by atoms with E-state index in [2.05, 4.69) is 10.6 Å². The first kappa shape index (κ1) is 16.5. The molecule has 1 aromatic rings. The molecule has 1 rings (SSSR count). The van der Waals surface area contributed by atoms with Crippen LogP contribution in [0.5, 0.6) is 11.5 Å². The molecule has 1 amide bonds. The lowest BCUT2D eigenvalue weighted by molar-refractivity contribution is -0.115. The molecule has 5 nitrogen and oxygen atoms in total. The third kappa shape index (κ3) is 4.81. The summed E-state index contributed by atoms with van der Waals surface area (Å²) in [7, 11) is 3.29. The maximum atomic E-state index is 11.4. The minimum atomic E-state index is -0.0984. The van der Waals surface area contributed by atoms with Gasteiger partial charge >= 0.3 is 0 Å². The Balaban J connectivity index is 0.00000289. The Morgan fingerprint density at radius 3 is 2.61 bits per heavy atom. The molecule has 0 bridgehead atoms. The summed E-state index contributed by atoms with van der Waals surface area (Å²) in [6.07, 6.45) is 0. The largest absolute Gasteiger partial charge is 0.493 e. The highest BCUT2D eigenvalue weighted by Gasteiger charge is 2.07. The molecule has 0 atom stereocenters. The van der Waals surface area contributed by atoms with Gasteiger partial charge < -0.3 is 20.1 Å². The summed E-state index contributed by atoms with van der Waals surface area (Å²) in [5.74, 6) is 1.18. The number of amides is 1. The zero-order valence-electron chi connectivity index (χ0n) is 10.8. The number of anilines is 1. The molecule has 0 aliphatic rings. The predicted octanol–water partition coefficient (Wildman–Crippen LogP) is 1.67. The Kier molecular flexibility index (Phi) is 7.91. The third-order valence-electron chi connectivity index (χ3n) is 2.08. The van der Waals surface area contributed by atoms with E-state index < -0.39 is 0 Å². The topological polar surface area (TPSA) is 59.6 Å². The molecule has 0 aliphatic carbocycles. The van der Waals surface area contributed by atoms with Crippen LogP contribution in [0.15, 0.2) is 18.2 Å². The SMILES string of the molecule is CCOc1ccc(NC(=O)CNC)cc1OC.Cl. The Hall–Kier alpha value is -1.46. The van der Waals surface area contributed by atoms with Crippen LogP contribution in [0.3, 0.4) is 0 Å². The molecule has 0 saturated heterocycles. The molecule has 102 valence electrons. The molecule has 0 unspecified atom stereocenters. The molecule has 18 heavy (non-hydrogen) atoms. The zero-order chi connectivity index (χ0) is 12.7. The van der Waals surface area contributed by atoms with E-state index in [1.165, 1.54) is 0 Å². The van der Waals surface area contributed by atoms with E-state index in [1.54, 1.807) is 32.4 Å². The number of nitrogens with one attached hydrogen (secondary N) is 2. The summed E-state index contributed by atoms with van der Waals surface area (Å²) < 4.78 is 10.6. The number of benzene rings is 1. The van der Waals surface area contributed by atoms with Gasteiger partial charge in [-0.15, -0.1) is 12.4 Å². The highest BCUT2D eigenvalue weighted by atomic mass is 35.5. The van der Waals surface area contributed by atoms with Crippen molar-refractivity contribution in [1.29, 1.82) is 0 Å². The van der Waals surface area contributed by atoms with Crippen molar-refractivity contribution < 1.29 is 14.3 Å². The lowest BCUT2D eigenvalue weighted by Gasteiger charge is -2.11.